The molecular formula is C18H31N5O3. The number of carbonyl (C=O) groups excluding carboxylic acids is 2. The molecule has 3 amide bonds. The molecule has 0 unspecified atom stereocenters. The Bertz CT molecular complexity index is 562. The van der Waals surface area contributed by atoms with E-state index in [1.165, 1.54) is 0 Å². The van der Waals surface area contributed by atoms with Gasteiger partial charge in [0.05, 0.1) is 12.6 Å². The Morgan fingerprint density at radius 1 is 1.19 bits per heavy atom. The minimum Gasteiger partial charge on any atom is -0.392 e. The fraction of sp³-hybridized carbons (Fsp3) is 0.556. The van der Waals surface area contributed by atoms with E-state index in [1.54, 1.807) is 24.3 Å². The summed E-state index contributed by atoms with van der Waals surface area (Å²) in [5, 5.41) is 17.7. The van der Waals surface area contributed by atoms with Gasteiger partial charge >= 0.3 is 6.03 Å². The minimum atomic E-state index is -0.579. The number of primary amides is 1. The van der Waals surface area contributed by atoms with Crippen LogP contribution in [0.2, 0.25) is 0 Å². The molecule has 8 heteroatoms. The van der Waals surface area contributed by atoms with Gasteiger partial charge in [0.2, 0.25) is 5.91 Å². The number of carbonyl (C=O) groups is 2. The number of aliphatic hydroxyl groups excluding tert-OH is 1. The van der Waals surface area contributed by atoms with Crippen LogP contribution in [0.25, 0.3) is 0 Å². The lowest BCUT2D eigenvalue weighted by atomic mass is 10.0. The molecule has 1 aromatic rings. The summed E-state index contributed by atoms with van der Waals surface area (Å²) in [6, 6.07) is 5.92. The van der Waals surface area contributed by atoms with Crippen LogP contribution < -0.4 is 27.4 Å². The number of hydrogen-bond donors (Lipinski definition) is 6. The molecular weight excluding hydrogens is 334 g/mol. The van der Waals surface area contributed by atoms with E-state index in [4.69, 9.17) is 16.6 Å². The highest BCUT2D eigenvalue weighted by Crippen LogP contribution is 2.11. The minimum absolute atomic E-state index is 0.0433. The number of hydrogen-bond acceptors (Lipinski definition) is 5. The van der Waals surface area contributed by atoms with Crippen molar-refractivity contribution in [2.24, 2.45) is 17.4 Å². The molecule has 2 atom stereocenters. The third kappa shape index (κ3) is 8.28. The number of aliphatic hydroxyl groups is 1. The molecule has 0 bridgehead atoms. The molecule has 0 spiro atoms. The standard InChI is InChI=1S/C18H31N5O3/c1-12(2)15(19)10-22-16(4-3-9-21-18(20)26)17(25)23-14-7-5-13(11-24)6-8-14/h5-8,12,15-16,22,24H,3-4,9-11,19H2,1-2H3,(H,23,25)(H3,20,21,26)/t15-,16+/m1/s1. The van der Waals surface area contributed by atoms with Crippen molar-refractivity contribution in [3.8, 4) is 0 Å². The van der Waals surface area contributed by atoms with Crippen molar-refractivity contribution in [3.63, 3.8) is 0 Å². The summed E-state index contributed by atoms with van der Waals surface area (Å²) in [6.07, 6.45) is 1.14. The second-order valence-corrected chi connectivity index (χ2v) is 6.65. The van der Waals surface area contributed by atoms with Gasteiger partial charge in [0.15, 0.2) is 0 Å². The van der Waals surface area contributed by atoms with Crippen LogP contribution in [-0.4, -0.2) is 42.2 Å². The molecule has 0 heterocycles. The first kappa shape index (κ1) is 21.9. The highest BCUT2D eigenvalue weighted by atomic mass is 16.3. The van der Waals surface area contributed by atoms with E-state index in [1.807, 2.05) is 13.8 Å². The molecule has 26 heavy (non-hydrogen) atoms. The molecule has 0 aliphatic heterocycles. The van der Waals surface area contributed by atoms with Crippen molar-refractivity contribution >= 4 is 17.6 Å². The van der Waals surface area contributed by atoms with Gasteiger partial charge in [-0.05, 0) is 36.5 Å². The fourth-order valence-electron chi connectivity index (χ4n) is 2.28. The number of rotatable bonds is 11. The number of nitrogens with two attached hydrogens (primary N) is 2. The lowest BCUT2D eigenvalue weighted by Crippen LogP contribution is -2.47. The van der Waals surface area contributed by atoms with Crippen molar-refractivity contribution < 1.29 is 14.7 Å². The highest BCUT2D eigenvalue weighted by Gasteiger charge is 2.19. The van der Waals surface area contributed by atoms with E-state index in [0.717, 1.165) is 5.56 Å². The van der Waals surface area contributed by atoms with Crippen LogP contribution >= 0.6 is 0 Å². The average Bonchev–Trinajstić information content (AvgIpc) is 2.60. The van der Waals surface area contributed by atoms with Gasteiger partial charge in [-0.15, -0.1) is 0 Å². The molecule has 0 aliphatic rings. The van der Waals surface area contributed by atoms with E-state index in [2.05, 4.69) is 16.0 Å². The van der Waals surface area contributed by atoms with Gasteiger partial charge in [-0.2, -0.15) is 0 Å². The highest BCUT2D eigenvalue weighted by molar-refractivity contribution is 5.94. The topological polar surface area (TPSA) is 142 Å². The fourth-order valence-corrected chi connectivity index (χ4v) is 2.28. The number of nitrogens with one attached hydrogen (secondary N) is 3. The van der Waals surface area contributed by atoms with Crippen LogP contribution in [-0.2, 0) is 11.4 Å². The summed E-state index contributed by atoms with van der Waals surface area (Å²) in [5.74, 6) is 0.130. The van der Waals surface area contributed by atoms with Gasteiger partial charge in [-0.1, -0.05) is 26.0 Å². The Morgan fingerprint density at radius 2 is 1.85 bits per heavy atom. The largest absolute Gasteiger partial charge is 0.392 e. The predicted molar refractivity (Wildman–Crippen MR) is 102 cm³/mol. The SMILES string of the molecule is CC(C)[C@H](N)CN[C@@H](CCCNC(N)=O)C(=O)Nc1ccc(CO)cc1. The van der Waals surface area contributed by atoms with Crippen molar-refractivity contribution in [2.75, 3.05) is 18.4 Å². The first-order chi connectivity index (χ1) is 12.3. The van der Waals surface area contributed by atoms with Gasteiger partial charge in [-0.3, -0.25) is 4.79 Å². The van der Waals surface area contributed by atoms with E-state index < -0.39 is 12.1 Å². The Morgan fingerprint density at radius 3 is 2.38 bits per heavy atom. The van der Waals surface area contributed by atoms with E-state index in [9.17, 15) is 9.59 Å². The average molecular weight is 365 g/mol. The molecule has 1 aromatic carbocycles. The summed E-state index contributed by atoms with van der Waals surface area (Å²) in [4.78, 5) is 23.3. The summed E-state index contributed by atoms with van der Waals surface area (Å²) in [7, 11) is 0. The quantitative estimate of drug-likeness (QED) is 0.317. The number of urea groups is 1. The normalized spacial score (nSPS) is 13.3. The van der Waals surface area contributed by atoms with E-state index in [-0.39, 0.29) is 18.6 Å². The molecule has 8 nitrogen and oxygen atoms in total. The van der Waals surface area contributed by atoms with Crippen molar-refractivity contribution in [2.45, 2.75) is 45.4 Å². The Hall–Kier alpha value is -2.16. The summed E-state index contributed by atoms with van der Waals surface area (Å²) >= 11 is 0. The van der Waals surface area contributed by atoms with E-state index >= 15 is 0 Å². The molecule has 8 N–H and O–H groups in total. The molecule has 146 valence electrons. The summed E-state index contributed by atoms with van der Waals surface area (Å²) in [5.41, 5.74) is 12.5. The van der Waals surface area contributed by atoms with Crippen molar-refractivity contribution in [3.05, 3.63) is 29.8 Å². The smallest absolute Gasteiger partial charge is 0.312 e. The number of benzene rings is 1. The maximum absolute atomic E-state index is 12.6. The summed E-state index contributed by atoms with van der Waals surface area (Å²) < 4.78 is 0. The zero-order valence-electron chi connectivity index (χ0n) is 15.5. The first-order valence-corrected chi connectivity index (χ1v) is 8.86. The number of anilines is 1. The van der Waals surface area contributed by atoms with Crippen LogP contribution in [0.15, 0.2) is 24.3 Å². The molecule has 0 fully saturated rings. The Kier molecular flexibility index (Phi) is 9.64. The lowest BCUT2D eigenvalue weighted by Gasteiger charge is -2.22. The predicted octanol–water partition coefficient (Wildman–Crippen LogP) is 0.507. The zero-order valence-corrected chi connectivity index (χ0v) is 15.5. The van der Waals surface area contributed by atoms with Crippen LogP contribution in [0, 0.1) is 5.92 Å². The van der Waals surface area contributed by atoms with Crippen LogP contribution in [0.5, 0.6) is 0 Å². The second-order valence-electron chi connectivity index (χ2n) is 6.65. The monoisotopic (exact) mass is 365 g/mol. The third-order valence-corrected chi connectivity index (χ3v) is 4.15. The second kappa shape index (κ2) is 11.5. The van der Waals surface area contributed by atoms with Gasteiger partial charge in [0.25, 0.3) is 0 Å². The maximum atomic E-state index is 12.6. The Labute approximate surface area is 154 Å². The molecule has 0 aromatic heterocycles. The zero-order chi connectivity index (χ0) is 19.5. The summed E-state index contributed by atoms with van der Waals surface area (Å²) in [6.45, 7) is 4.94. The lowest BCUT2D eigenvalue weighted by molar-refractivity contribution is -0.118. The van der Waals surface area contributed by atoms with Crippen LogP contribution in [0.4, 0.5) is 10.5 Å². The van der Waals surface area contributed by atoms with Gasteiger partial charge in [0.1, 0.15) is 0 Å². The molecule has 0 radical (unpaired) electrons. The molecule has 1 rings (SSSR count). The van der Waals surface area contributed by atoms with Gasteiger partial charge < -0.3 is 32.5 Å². The molecule has 0 saturated carbocycles. The molecule has 0 saturated heterocycles. The molecule has 0 aliphatic carbocycles. The van der Waals surface area contributed by atoms with Gasteiger partial charge in [-0.25, -0.2) is 4.79 Å². The Balaban J connectivity index is 2.63. The van der Waals surface area contributed by atoms with E-state index in [0.29, 0.717) is 37.5 Å². The maximum Gasteiger partial charge on any atom is 0.312 e. The first-order valence-electron chi connectivity index (χ1n) is 8.86. The third-order valence-electron chi connectivity index (χ3n) is 4.15. The van der Waals surface area contributed by atoms with Crippen molar-refractivity contribution in [1.29, 1.82) is 0 Å². The van der Waals surface area contributed by atoms with Crippen LogP contribution in [0.1, 0.15) is 32.3 Å². The number of amides is 3. The van der Waals surface area contributed by atoms with Gasteiger partial charge in [0, 0.05) is 24.8 Å². The van der Waals surface area contributed by atoms with Crippen LogP contribution in [0.3, 0.4) is 0 Å². The van der Waals surface area contributed by atoms with Crippen molar-refractivity contribution in [1.82, 2.24) is 10.6 Å².